The Labute approximate surface area is 174 Å². The Balaban J connectivity index is 1.46. The minimum Gasteiger partial charge on any atom is -0.493 e. The van der Waals surface area contributed by atoms with Crippen molar-refractivity contribution in [3.63, 3.8) is 0 Å². The molecule has 0 aromatic heterocycles. The summed E-state index contributed by atoms with van der Waals surface area (Å²) in [4.78, 5) is 16.9. The van der Waals surface area contributed by atoms with Crippen LogP contribution in [0.15, 0.2) is 66.7 Å². The first-order valence-electron chi connectivity index (χ1n) is 10.4. The van der Waals surface area contributed by atoms with E-state index >= 15 is 0 Å². The normalized spacial score (nSPS) is 15.3. The molecule has 4 heteroatoms. The molecule has 4 nitrogen and oxygen atoms in total. The summed E-state index contributed by atoms with van der Waals surface area (Å²) in [6, 6.07) is 18.2. The third-order valence-corrected chi connectivity index (χ3v) is 4.94. The van der Waals surface area contributed by atoms with Crippen LogP contribution in [0.1, 0.15) is 24.5 Å². The van der Waals surface area contributed by atoms with Crippen molar-refractivity contribution in [1.82, 2.24) is 9.80 Å². The van der Waals surface area contributed by atoms with Gasteiger partial charge >= 0.3 is 0 Å². The first-order chi connectivity index (χ1) is 14.3. The van der Waals surface area contributed by atoms with Gasteiger partial charge in [0.1, 0.15) is 5.75 Å². The van der Waals surface area contributed by atoms with E-state index in [-0.39, 0.29) is 5.91 Å². The number of carbonyl (C=O) groups is 1. The van der Waals surface area contributed by atoms with E-state index in [1.807, 2.05) is 53.4 Å². The molecule has 1 amide bonds. The Morgan fingerprint density at radius 3 is 2.45 bits per heavy atom. The monoisotopic (exact) mass is 390 g/mol. The number of carbonyl (C=O) groups excluding carboxylic acids is 1. The Kier molecular flexibility index (Phi) is 8.08. The van der Waals surface area contributed by atoms with Crippen LogP contribution in [0, 0.1) is 0 Å². The van der Waals surface area contributed by atoms with Crippen LogP contribution in [0.5, 0.6) is 5.75 Å². The van der Waals surface area contributed by atoms with Gasteiger partial charge < -0.3 is 9.64 Å². The highest BCUT2D eigenvalue weighted by molar-refractivity contribution is 5.92. The van der Waals surface area contributed by atoms with Gasteiger partial charge in [-0.15, -0.1) is 0 Å². The molecule has 0 spiro atoms. The lowest BCUT2D eigenvalue weighted by Crippen LogP contribution is -2.48. The summed E-state index contributed by atoms with van der Waals surface area (Å²) in [6.07, 6.45) is 8.83. The topological polar surface area (TPSA) is 32.8 Å². The maximum absolute atomic E-state index is 12.6. The Morgan fingerprint density at radius 1 is 0.966 bits per heavy atom. The average molecular weight is 391 g/mol. The molecule has 1 saturated heterocycles. The van der Waals surface area contributed by atoms with E-state index in [4.69, 9.17) is 4.74 Å². The third-order valence-electron chi connectivity index (χ3n) is 4.94. The standard InChI is InChI=1S/C25H30N2O2/c1-2-21-29-24-13-7-6-12-23(24)14-15-25(28)27-19-17-26(18-20-27)16-8-11-22-9-4-3-5-10-22/h3-15H,2,16-21H2,1H3/b11-8+,15-14+. The van der Waals surface area contributed by atoms with E-state index in [1.54, 1.807) is 6.08 Å². The fraction of sp³-hybridized carbons (Fsp3) is 0.320. The zero-order valence-corrected chi connectivity index (χ0v) is 17.2. The lowest BCUT2D eigenvalue weighted by atomic mass is 10.2. The van der Waals surface area contributed by atoms with Crippen molar-refractivity contribution in [2.75, 3.05) is 39.3 Å². The largest absolute Gasteiger partial charge is 0.493 e. The summed E-state index contributed by atoms with van der Waals surface area (Å²) in [5, 5.41) is 0. The Bertz CT molecular complexity index is 822. The lowest BCUT2D eigenvalue weighted by molar-refractivity contribution is -0.127. The predicted molar refractivity (Wildman–Crippen MR) is 120 cm³/mol. The summed E-state index contributed by atoms with van der Waals surface area (Å²) in [7, 11) is 0. The van der Waals surface area contributed by atoms with Gasteiger partial charge in [-0.3, -0.25) is 9.69 Å². The molecule has 0 radical (unpaired) electrons. The molecule has 1 aliphatic heterocycles. The number of piperazine rings is 1. The molecular formula is C25H30N2O2. The second-order valence-corrected chi connectivity index (χ2v) is 7.16. The first-order valence-corrected chi connectivity index (χ1v) is 10.4. The van der Waals surface area contributed by atoms with E-state index < -0.39 is 0 Å². The number of rotatable bonds is 8. The zero-order valence-electron chi connectivity index (χ0n) is 17.2. The SMILES string of the molecule is CCCOc1ccccc1/C=C/C(=O)N1CCN(C/C=C/c2ccccc2)CC1. The average Bonchev–Trinajstić information content (AvgIpc) is 2.78. The van der Waals surface area contributed by atoms with Crippen molar-refractivity contribution in [2.24, 2.45) is 0 Å². The number of hydrogen-bond donors (Lipinski definition) is 0. The molecule has 152 valence electrons. The second kappa shape index (κ2) is 11.2. The summed E-state index contributed by atoms with van der Waals surface area (Å²) < 4.78 is 5.76. The summed E-state index contributed by atoms with van der Waals surface area (Å²) in [5.74, 6) is 0.892. The molecule has 1 heterocycles. The maximum Gasteiger partial charge on any atom is 0.246 e. The second-order valence-electron chi connectivity index (χ2n) is 7.16. The van der Waals surface area contributed by atoms with Crippen LogP contribution in [0.2, 0.25) is 0 Å². The maximum atomic E-state index is 12.6. The molecule has 2 aromatic rings. The highest BCUT2D eigenvalue weighted by Crippen LogP contribution is 2.20. The van der Waals surface area contributed by atoms with Crippen LogP contribution in [0.4, 0.5) is 0 Å². The molecule has 2 aromatic carbocycles. The van der Waals surface area contributed by atoms with Gasteiger partial charge in [0, 0.05) is 44.4 Å². The molecule has 1 fully saturated rings. The molecule has 29 heavy (non-hydrogen) atoms. The number of ether oxygens (including phenoxy) is 1. The van der Waals surface area contributed by atoms with Gasteiger partial charge in [0.2, 0.25) is 5.91 Å². The Hall–Kier alpha value is -2.85. The minimum absolute atomic E-state index is 0.0646. The van der Waals surface area contributed by atoms with Gasteiger partial charge in [0.15, 0.2) is 0 Å². The molecule has 0 atom stereocenters. The van der Waals surface area contributed by atoms with Crippen LogP contribution in [0.25, 0.3) is 12.2 Å². The molecule has 0 aliphatic carbocycles. The fourth-order valence-corrected chi connectivity index (χ4v) is 3.28. The highest BCUT2D eigenvalue weighted by atomic mass is 16.5. The van der Waals surface area contributed by atoms with Crippen molar-refractivity contribution in [1.29, 1.82) is 0 Å². The van der Waals surface area contributed by atoms with Crippen LogP contribution in [-0.2, 0) is 4.79 Å². The predicted octanol–water partition coefficient (Wildman–Crippen LogP) is 4.35. The highest BCUT2D eigenvalue weighted by Gasteiger charge is 2.18. The quantitative estimate of drug-likeness (QED) is 0.629. The van der Waals surface area contributed by atoms with Crippen molar-refractivity contribution in [3.8, 4) is 5.75 Å². The van der Waals surface area contributed by atoms with Gasteiger partial charge in [-0.2, -0.15) is 0 Å². The molecule has 0 bridgehead atoms. The fourth-order valence-electron chi connectivity index (χ4n) is 3.28. The van der Waals surface area contributed by atoms with E-state index in [1.165, 1.54) is 5.56 Å². The van der Waals surface area contributed by atoms with E-state index in [0.717, 1.165) is 50.5 Å². The number of hydrogen-bond acceptors (Lipinski definition) is 3. The molecular weight excluding hydrogens is 360 g/mol. The van der Waals surface area contributed by atoms with Crippen LogP contribution >= 0.6 is 0 Å². The summed E-state index contributed by atoms with van der Waals surface area (Å²) in [6.45, 7) is 6.99. The molecule has 0 unspecified atom stereocenters. The van der Waals surface area contributed by atoms with Crippen LogP contribution < -0.4 is 4.74 Å². The number of amides is 1. The van der Waals surface area contributed by atoms with Gasteiger partial charge in [-0.05, 0) is 24.1 Å². The van der Waals surface area contributed by atoms with Crippen LogP contribution in [-0.4, -0.2) is 55.0 Å². The third kappa shape index (κ3) is 6.61. The van der Waals surface area contributed by atoms with Gasteiger partial charge in [-0.1, -0.05) is 67.6 Å². The van der Waals surface area contributed by atoms with Crippen molar-refractivity contribution < 1.29 is 9.53 Å². The molecule has 1 aliphatic rings. The van der Waals surface area contributed by atoms with Crippen molar-refractivity contribution in [3.05, 3.63) is 77.9 Å². The smallest absolute Gasteiger partial charge is 0.246 e. The summed E-state index contributed by atoms with van der Waals surface area (Å²) >= 11 is 0. The van der Waals surface area contributed by atoms with Crippen LogP contribution in [0.3, 0.4) is 0 Å². The number of nitrogens with zero attached hydrogens (tertiary/aromatic N) is 2. The molecule has 0 saturated carbocycles. The van der Waals surface area contributed by atoms with Gasteiger partial charge in [0.25, 0.3) is 0 Å². The lowest BCUT2D eigenvalue weighted by Gasteiger charge is -2.33. The van der Waals surface area contributed by atoms with Gasteiger partial charge in [0.05, 0.1) is 6.61 Å². The van der Waals surface area contributed by atoms with E-state index in [9.17, 15) is 4.79 Å². The Morgan fingerprint density at radius 2 is 1.69 bits per heavy atom. The minimum atomic E-state index is 0.0646. The number of benzene rings is 2. The van der Waals surface area contributed by atoms with Gasteiger partial charge in [-0.25, -0.2) is 0 Å². The molecule has 0 N–H and O–H groups in total. The van der Waals surface area contributed by atoms with Crippen molar-refractivity contribution in [2.45, 2.75) is 13.3 Å². The number of para-hydroxylation sites is 1. The van der Waals surface area contributed by atoms with Crippen molar-refractivity contribution >= 4 is 18.1 Å². The zero-order chi connectivity index (χ0) is 20.3. The first kappa shape index (κ1) is 20.9. The molecule has 3 rings (SSSR count). The van der Waals surface area contributed by atoms with E-state index in [2.05, 4.69) is 36.1 Å². The van der Waals surface area contributed by atoms with E-state index in [0.29, 0.717) is 6.61 Å². The summed E-state index contributed by atoms with van der Waals surface area (Å²) in [5.41, 5.74) is 2.16.